The minimum atomic E-state index is 0.241. The summed E-state index contributed by atoms with van der Waals surface area (Å²) in [5.74, 6) is 0. The van der Waals surface area contributed by atoms with Crippen molar-refractivity contribution in [2.24, 2.45) is 0 Å². The van der Waals surface area contributed by atoms with Crippen LogP contribution in [0.3, 0.4) is 0 Å². The van der Waals surface area contributed by atoms with E-state index in [2.05, 4.69) is 35.3 Å². The van der Waals surface area contributed by atoms with Crippen molar-refractivity contribution in [3.63, 3.8) is 0 Å². The number of nitrogens with zero attached hydrogens (tertiary/aromatic N) is 2. The highest BCUT2D eigenvalue weighted by Gasteiger charge is 2.24. The summed E-state index contributed by atoms with van der Waals surface area (Å²) in [5.41, 5.74) is 1.25. The lowest BCUT2D eigenvalue weighted by Gasteiger charge is -2.37. The predicted octanol–water partition coefficient (Wildman–Crippen LogP) is 1.94. The molecule has 0 bridgehead atoms. The first-order chi connectivity index (χ1) is 8.31. The molecule has 0 spiro atoms. The summed E-state index contributed by atoms with van der Waals surface area (Å²) in [4.78, 5) is 2.42. The number of benzene rings is 1. The van der Waals surface area contributed by atoms with Crippen LogP contribution in [0.15, 0.2) is 30.3 Å². The Hall–Kier alpha value is -1.37. The Balaban J connectivity index is 2.14. The van der Waals surface area contributed by atoms with Gasteiger partial charge in [0.2, 0.25) is 0 Å². The van der Waals surface area contributed by atoms with Crippen molar-refractivity contribution in [2.75, 3.05) is 19.6 Å². The zero-order valence-electron chi connectivity index (χ0n) is 10.3. The molecule has 1 saturated heterocycles. The summed E-state index contributed by atoms with van der Waals surface area (Å²) >= 11 is 0. The third-order valence-electron chi connectivity index (χ3n) is 3.31. The van der Waals surface area contributed by atoms with E-state index in [-0.39, 0.29) is 6.04 Å². The third kappa shape index (κ3) is 3.06. The Morgan fingerprint density at radius 3 is 2.88 bits per heavy atom. The lowest BCUT2D eigenvalue weighted by molar-refractivity contribution is 0.150. The van der Waals surface area contributed by atoms with Gasteiger partial charge in [0.15, 0.2) is 0 Å². The number of nitriles is 1. The normalized spacial score (nSPS) is 22.9. The van der Waals surface area contributed by atoms with Gasteiger partial charge in [-0.2, -0.15) is 5.26 Å². The molecule has 1 aliphatic heterocycles. The standard InChI is InChI=1S/C14H19N3/c1-12-11-17(10-9-16-12)14(7-8-15)13-5-3-2-4-6-13/h2-6,12,14,16H,7,9-11H2,1H3/t12-,14?/m1/s1. The van der Waals surface area contributed by atoms with Crippen LogP contribution in [0.2, 0.25) is 0 Å². The second-order valence-electron chi connectivity index (χ2n) is 4.64. The molecule has 1 unspecified atom stereocenters. The summed E-state index contributed by atoms with van der Waals surface area (Å²) in [6.07, 6.45) is 0.566. The maximum absolute atomic E-state index is 9.00. The van der Waals surface area contributed by atoms with Gasteiger partial charge in [-0.25, -0.2) is 0 Å². The lowest BCUT2D eigenvalue weighted by Crippen LogP contribution is -2.50. The molecule has 0 aliphatic carbocycles. The van der Waals surface area contributed by atoms with Gasteiger partial charge in [0.05, 0.1) is 12.5 Å². The number of hydrogen-bond acceptors (Lipinski definition) is 3. The fourth-order valence-corrected chi connectivity index (χ4v) is 2.46. The average Bonchev–Trinajstić information content (AvgIpc) is 2.37. The molecule has 1 aromatic carbocycles. The number of hydrogen-bond donors (Lipinski definition) is 1. The van der Waals surface area contributed by atoms with Gasteiger partial charge in [0, 0.05) is 31.7 Å². The molecule has 1 aromatic rings. The SMILES string of the molecule is C[C@@H]1CN(C(CC#N)c2ccccc2)CCN1. The molecule has 3 nitrogen and oxygen atoms in total. The molecule has 90 valence electrons. The Bertz CT molecular complexity index is 382. The molecule has 0 aromatic heterocycles. The van der Waals surface area contributed by atoms with Crippen molar-refractivity contribution in [1.29, 1.82) is 5.26 Å². The summed E-state index contributed by atoms with van der Waals surface area (Å²) in [6.45, 7) is 5.24. The van der Waals surface area contributed by atoms with Crippen molar-refractivity contribution in [3.05, 3.63) is 35.9 Å². The molecule has 2 rings (SSSR count). The Morgan fingerprint density at radius 2 is 2.24 bits per heavy atom. The van der Waals surface area contributed by atoms with Gasteiger partial charge in [-0.15, -0.1) is 0 Å². The van der Waals surface area contributed by atoms with Crippen LogP contribution in [-0.4, -0.2) is 30.6 Å². The van der Waals surface area contributed by atoms with E-state index in [1.165, 1.54) is 5.56 Å². The third-order valence-corrected chi connectivity index (χ3v) is 3.31. The summed E-state index contributed by atoms with van der Waals surface area (Å²) in [7, 11) is 0. The van der Waals surface area contributed by atoms with Gasteiger partial charge < -0.3 is 5.32 Å². The maximum Gasteiger partial charge on any atom is 0.0641 e. The van der Waals surface area contributed by atoms with Crippen molar-refractivity contribution in [2.45, 2.75) is 25.4 Å². The van der Waals surface area contributed by atoms with Crippen molar-refractivity contribution < 1.29 is 0 Å². The minimum Gasteiger partial charge on any atom is -0.312 e. The molecular weight excluding hydrogens is 210 g/mol. The van der Waals surface area contributed by atoms with Gasteiger partial charge in [-0.05, 0) is 12.5 Å². The van der Waals surface area contributed by atoms with Crippen LogP contribution in [-0.2, 0) is 0 Å². The highest BCUT2D eigenvalue weighted by molar-refractivity contribution is 5.20. The second kappa shape index (κ2) is 5.81. The molecule has 17 heavy (non-hydrogen) atoms. The quantitative estimate of drug-likeness (QED) is 0.861. The fourth-order valence-electron chi connectivity index (χ4n) is 2.46. The van der Waals surface area contributed by atoms with Crippen molar-refractivity contribution in [1.82, 2.24) is 10.2 Å². The molecule has 3 heteroatoms. The van der Waals surface area contributed by atoms with Crippen LogP contribution in [0.5, 0.6) is 0 Å². The second-order valence-corrected chi connectivity index (χ2v) is 4.64. The number of rotatable bonds is 3. The lowest BCUT2D eigenvalue weighted by atomic mass is 10.0. The van der Waals surface area contributed by atoms with Gasteiger partial charge in [0.25, 0.3) is 0 Å². The molecule has 0 radical (unpaired) electrons. The molecule has 1 heterocycles. The highest BCUT2D eigenvalue weighted by Crippen LogP contribution is 2.24. The Labute approximate surface area is 103 Å². The smallest absolute Gasteiger partial charge is 0.0641 e. The Morgan fingerprint density at radius 1 is 1.47 bits per heavy atom. The van der Waals surface area contributed by atoms with Crippen molar-refractivity contribution in [3.8, 4) is 6.07 Å². The van der Waals surface area contributed by atoms with E-state index in [4.69, 9.17) is 5.26 Å². The van der Waals surface area contributed by atoms with E-state index in [0.29, 0.717) is 12.5 Å². The summed E-state index contributed by atoms with van der Waals surface area (Å²) in [5, 5.41) is 12.4. The zero-order chi connectivity index (χ0) is 12.1. The maximum atomic E-state index is 9.00. The van der Waals surface area contributed by atoms with E-state index in [1.54, 1.807) is 0 Å². The molecule has 1 N–H and O–H groups in total. The molecule has 1 aliphatic rings. The average molecular weight is 229 g/mol. The first kappa shape index (κ1) is 12.1. The molecule has 2 atom stereocenters. The number of piperazine rings is 1. The van der Waals surface area contributed by atoms with Crippen LogP contribution >= 0.6 is 0 Å². The predicted molar refractivity (Wildman–Crippen MR) is 68.5 cm³/mol. The van der Waals surface area contributed by atoms with E-state index in [1.807, 2.05) is 18.2 Å². The summed E-state index contributed by atoms with van der Waals surface area (Å²) < 4.78 is 0. The zero-order valence-corrected chi connectivity index (χ0v) is 10.3. The molecule has 0 amide bonds. The first-order valence-electron chi connectivity index (χ1n) is 6.20. The van der Waals surface area contributed by atoms with Crippen LogP contribution in [0.4, 0.5) is 0 Å². The van der Waals surface area contributed by atoms with E-state index >= 15 is 0 Å². The minimum absolute atomic E-state index is 0.241. The number of nitrogens with one attached hydrogen (secondary N) is 1. The highest BCUT2D eigenvalue weighted by atomic mass is 15.2. The van der Waals surface area contributed by atoms with Crippen LogP contribution in [0, 0.1) is 11.3 Å². The molecular formula is C14H19N3. The van der Waals surface area contributed by atoms with Crippen LogP contribution < -0.4 is 5.32 Å². The molecule has 1 fully saturated rings. The Kier molecular flexibility index (Phi) is 4.13. The van der Waals surface area contributed by atoms with Crippen LogP contribution in [0.1, 0.15) is 24.9 Å². The molecule has 0 saturated carbocycles. The van der Waals surface area contributed by atoms with E-state index in [0.717, 1.165) is 19.6 Å². The van der Waals surface area contributed by atoms with Gasteiger partial charge >= 0.3 is 0 Å². The van der Waals surface area contributed by atoms with E-state index < -0.39 is 0 Å². The largest absolute Gasteiger partial charge is 0.312 e. The van der Waals surface area contributed by atoms with Gasteiger partial charge in [-0.3, -0.25) is 4.90 Å². The van der Waals surface area contributed by atoms with E-state index in [9.17, 15) is 0 Å². The fraction of sp³-hybridized carbons (Fsp3) is 0.500. The van der Waals surface area contributed by atoms with Gasteiger partial charge in [-0.1, -0.05) is 30.3 Å². The topological polar surface area (TPSA) is 39.1 Å². The first-order valence-corrected chi connectivity index (χ1v) is 6.20. The van der Waals surface area contributed by atoms with Crippen LogP contribution in [0.25, 0.3) is 0 Å². The monoisotopic (exact) mass is 229 g/mol. The van der Waals surface area contributed by atoms with Crippen molar-refractivity contribution >= 4 is 0 Å². The summed E-state index contributed by atoms with van der Waals surface area (Å²) in [6, 6.07) is 13.4. The van der Waals surface area contributed by atoms with Gasteiger partial charge in [0.1, 0.15) is 0 Å².